The van der Waals surface area contributed by atoms with E-state index in [4.69, 9.17) is 4.74 Å². The van der Waals surface area contributed by atoms with Gasteiger partial charge in [0.15, 0.2) is 6.61 Å². The van der Waals surface area contributed by atoms with Gasteiger partial charge in [-0.05, 0) is 50.6 Å². The van der Waals surface area contributed by atoms with Crippen molar-refractivity contribution in [2.75, 3.05) is 44.7 Å². The van der Waals surface area contributed by atoms with Gasteiger partial charge in [-0.2, -0.15) is 13.2 Å². The van der Waals surface area contributed by atoms with Gasteiger partial charge in [0.2, 0.25) is 11.9 Å². The standard InChI is InChI=1S/C23H30F3N5O2/c1-16-12-19(13-17(2)20(16)33-15-23(24,25)26)14-29(4)18(3)21(32)30-8-10-31(11-9-30)22-27-6-5-7-28-22/h5-7,12-13,18H,8-11,14-15H2,1-4H3. The van der Waals surface area contributed by atoms with Gasteiger partial charge in [0, 0.05) is 45.1 Å². The van der Waals surface area contributed by atoms with Crippen molar-refractivity contribution in [3.05, 3.63) is 47.3 Å². The number of amides is 1. The van der Waals surface area contributed by atoms with E-state index in [2.05, 4.69) is 14.9 Å². The second-order valence-electron chi connectivity index (χ2n) is 8.41. The van der Waals surface area contributed by atoms with Gasteiger partial charge in [0.1, 0.15) is 5.75 Å². The minimum atomic E-state index is -4.38. The first kappa shape index (κ1) is 24.8. The third-order valence-electron chi connectivity index (χ3n) is 5.78. The van der Waals surface area contributed by atoms with Crippen molar-refractivity contribution in [3.63, 3.8) is 0 Å². The van der Waals surface area contributed by atoms with E-state index in [1.807, 2.05) is 35.9 Å². The monoisotopic (exact) mass is 465 g/mol. The Labute approximate surface area is 192 Å². The molecule has 1 atom stereocenters. The van der Waals surface area contributed by atoms with Crippen molar-refractivity contribution < 1.29 is 22.7 Å². The van der Waals surface area contributed by atoms with Gasteiger partial charge in [-0.1, -0.05) is 12.1 Å². The number of carbonyl (C=O) groups excluding carboxylic acids is 1. The number of benzene rings is 1. The number of aryl methyl sites for hydroxylation is 2. The fourth-order valence-corrected chi connectivity index (χ4v) is 3.97. The number of hydrogen-bond acceptors (Lipinski definition) is 6. The molecule has 33 heavy (non-hydrogen) atoms. The normalized spacial score (nSPS) is 15.6. The van der Waals surface area contributed by atoms with E-state index in [0.29, 0.717) is 49.8 Å². The van der Waals surface area contributed by atoms with E-state index >= 15 is 0 Å². The number of alkyl halides is 3. The van der Waals surface area contributed by atoms with Gasteiger partial charge in [0.05, 0.1) is 6.04 Å². The summed E-state index contributed by atoms with van der Waals surface area (Å²) in [5, 5.41) is 0. The summed E-state index contributed by atoms with van der Waals surface area (Å²) in [5.74, 6) is 0.969. The summed E-state index contributed by atoms with van der Waals surface area (Å²) in [6, 6.07) is 5.05. The molecule has 3 rings (SSSR count). The van der Waals surface area contributed by atoms with Gasteiger partial charge in [0.25, 0.3) is 0 Å². The summed E-state index contributed by atoms with van der Waals surface area (Å²) in [4.78, 5) is 27.4. The number of hydrogen-bond donors (Lipinski definition) is 0. The molecule has 1 aliphatic rings. The van der Waals surface area contributed by atoms with Crippen LogP contribution in [0, 0.1) is 13.8 Å². The van der Waals surface area contributed by atoms with E-state index in [0.717, 1.165) is 5.56 Å². The van der Waals surface area contributed by atoms with Crippen LogP contribution >= 0.6 is 0 Å². The topological polar surface area (TPSA) is 61.8 Å². The third-order valence-corrected chi connectivity index (χ3v) is 5.78. The summed E-state index contributed by atoms with van der Waals surface area (Å²) in [7, 11) is 1.87. The van der Waals surface area contributed by atoms with Crippen LogP contribution in [-0.2, 0) is 11.3 Å². The van der Waals surface area contributed by atoms with Crippen LogP contribution in [0.4, 0.5) is 19.1 Å². The predicted octanol–water partition coefficient (Wildman–Crippen LogP) is 3.20. The molecular weight excluding hydrogens is 435 g/mol. The summed E-state index contributed by atoms with van der Waals surface area (Å²) in [6.07, 6.45) is -0.974. The maximum absolute atomic E-state index is 13.0. The zero-order valence-corrected chi connectivity index (χ0v) is 19.4. The van der Waals surface area contributed by atoms with Crippen molar-refractivity contribution in [1.29, 1.82) is 0 Å². The van der Waals surface area contributed by atoms with Crippen molar-refractivity contribution in [2.45, 2.75) is 39.5 Å². The lowest BCUT2D eigenvalue weighted by molar-refractivity contribution is -0.153. The van der Waals surface area contributed by atoms with Crippen molar-refractivity contribution in [2.24, 2.45) is 0 Å². The fraction of sp³-hybridized carbons (Fsp3) is 0.522. The lowest BCUT2D eigenvalue weighted by Gasteiger charge is -2.37. The lowest BCUT2D eigenvalue weighted by Crippen LogP contribution is -2.53. The second-order valence-corrected chi connectivity index (χ2v) is 8.41. The minimum Gasteiger partial charge on any atom is -0.484 e. The first-order valence-electron chi connectivity index (χ1n) is 10.9. The van der Waals surface area contributed by atoms with Crippen LogP contribution in [0.2, 0.25) is 0 Å². The Hall–Kier alpha value is -2.88. The number of piperazine rings is 1. The molecule has 0 bridgehead atoms. The summed E-state index contributed by atoms with van der Waals surface area (Å²) < 4.78 is 42.5. The molecule has 1 saturated heterocycles. The number of anilines is 1. The maximum Gasteiger partial charge on any atom is 0.422 e. The number of aromatic nitrogens is 2. The van der Waals surface area contributed by atoms with Gasteiger partial charge in [-0.3, -0.25) is 9.69 Å². The lowest BCUT2D eigenvalue weighted by atomic mass is 10.0. The predicted molar refractivity (Wildman–Crippen MR) is 119 cm³/mol. The average molecular weight is 466 g/mol. The smallest absolute Gasteiger partial charge is 0.422 e. The Bertz CT molecular complexity index is 924. The Morgan fingerprint density at radius 1 is 1.12 bits per heavy atom. The Morgan fingerprint density at radius 2 is 1.70 bits per heavy atom. The molecule has 0 radical (unpaired) electrons. The largest absolute Gasteiger partial charge is 0.484 e. The maximum atomic E-state index is 13.0. The summed E-state index contributed by atoms with van der Waals surface area (Å²) in [5.41, 5.74) is 2.19. The number of halogens is 3. The Balaban J connectivity index is 1.56. The van der Waals surface area contributed by atoms with Crippen LogP contribution in [0.3, 0.4) is 0 Å². The van der Waals surface area contributed by atoms with Crippen molar-refractivity contribution in [3.8, 4) is 5.75 Å². The van der Waals surface area contributed by atoms with E-state index < -0.39 is 12.8 Å². The molecule has 2 heterocycles. The highest BCUT2D eigenvalue weighted by atomic mass is 19.4. The Morgan fingerprint density at radius 3 is 2.24 bits per heavy atom. The first-order valence-corrected chi connectivity index (χ1v) is 10.9. The van der Waals surface area contributed by atoms with Gasteiger partial charge in [-0.25, -0.2) is 9.97 Å². The molecule has 1 aromatic heterocycles. The molecule has 2 aromatic rings. The van der Waals surface area contributed by atoms with E-state index in [1.54, 1.807) is 32.3 Å². The number of carbonyl (C=O) groups is 1. The second kappa shape index (κ2) is 10.4. The van der Waals surface area contributed by atoms with Crippen molar-refractivity contribution >= 4 is 11.9 Å². The first-order chi connectivity index (χ1) is 15.5. The fourth-order valence-electron chi connectivity index (χ4n) is 3.97. The van der Waals surface area contributed by atoms with Gasteiger partial charge < -0.3 is 14.5 Å². The molecular formula is C23H30F3N5O2. The number of nitrogens with zero attached hydrogens (tertiary/aromatic N) is 5. The van der Waals surface area contributed by atoms with Crippen LogP contribution in [0.5, 0.6) is 5.75 Å². The van der Waals surface area contributed by atoms with E-state index in [9.17, 15) is 18.0 Å². The third kappa shape index (κ3) is 6.56. The van der Waals surface area contributed by atoms with Crippen LogP contribution in [0.25, 0.3) is 0 Å². The highest BCUT2D eigenvalue weighted by molar-refractivity contribution is 5.81. The molecule has 1 fully saturated rings. The molecule has 1 unspecified atom stereocenters. The molecule has 0 aliphatic carbocycles. The minimum absolute atomic E-state index is 0.0460. The highest BCUT2D eigenvalue weighted by Crippen LogP contribution is 2.28. The van der Waals surface area contributed by atoms with E-state index in [-0.39, 0.29) is 17.7 Å². The molecule has 180 valence electrons. The van der Waals surface area contributed by atoms with Crippen LogP contribution in [0.15, 0.2) is 30.6 Å². The summed E-state index contributed by atoms with van der Waals surface area (Å²) in [6.45, 7) is 7.04. The SMILES string of the molecule is Cc1cc(CN(C)C(C)C(=O)N2CCN(c3ncccn3)CC2)cc(C)c1OCC(F)(F)F. The molecule has 1 aromatic carbocycles. The van der Waals surface area contributed by atoms with Crippen LogP contribution in [0.1, 0.15) is 23.6 Å². The summed E-state index contributed by atoms with van der Waals surface area (Å²) >= 11 is 0. The number of rotatable bonds is 7. The van der Waals surface area contributed by atoms with Crippen LogP contribution in [-0.4, -0.2) is 77.7 Å². The quantitative estimate of drug-likeness (QED) is 0.626. The molecule has 0 saturated carbocycles. The molecule has 7 nitrogen and oxygen atoms in total. The Kier molecular flexibility index (Phi) is 7.78. The zero-order valence-electron chi connectivity index (χ0n) is 19.4. The highest BCUT2D eigenvalue weighted by Gasteiger charge is 2.30. The van der Waals surface area contributed by atoms with Gasteiger partial charge >= 0.3 is 6.18 Å². The molecule has 1 amide bonds. The van der Waals surface area contributed by atoms with Gasteiger partial charge in [-0.15, -0.1) is 0 Å². The van der Waals surface area contributed by atoms with E-state index in [1.165, 1.54) is 0 Å². The van der Waals surface area contributed by atoms with Crippen LogP contribution < -0.4 is 9.64 Å². The number of ether oxygens (including phenoxy) is 1. The molecule has 1 aliphatic heterocycles. The molecule has 0 spiro atoms. The average Bonchev–Trinajstić information content (AvgIpc) is 2.77. The van der Waals surface area contributed by atoms with Crippen molar-refractivity contribution in [1.82, 2.24) is 19.8 Å². The molecule has 0 N–H and O–H groups in total. The number of likely N-dealkylation sites (N-methyl/N-ethyl adjacent to an activating group) is 1. The molecule has 10 heteroatoms. The zero-order chi connectivity index (χ0) is 24.2.